The minimum absolute atomic E-state index is 0.195. The molecule has 2 aliphatic heterocycles. The van der Waals surface area contributed by atoms with Gasteiger partial charge in [0.05, 0.1) is 5.71 Å². The van der Waals surface area contributed by atoms with E-state index in [9.17, 15) is 0 Å². The van der Waals surface area contributed by atoms with Crippen LogP contribution in [-0.4, -0.2) is 33.9 Å². The van der Waals surface area contributed by atoms with E-state index in [1.807, 2.05) is 0 Å². The first kappa shape index (κ1) is 9.00. The fourth-order valence-electron chi connectivity index (χ4n) is 2.87. The molecule has 0 spiro atoms. The van der Waals surface area contributed by atoms with E-state index in [4.69, 9.17) is 5.21 Å². The summed E-state index contributed by atoms with van der Waals surface area (Å²) in [6.07, 6.45) is 4.45. The molecule has 1 N–H and O–H groups in total. The molecule has 0 aromatic heterocycles. The number of rotatable bonds is 0. The number of hydrogen-bond donors (Lipinski definition) is 1. The van der Waals surface area contributed by atoms with Crippen LogP contribution in [0.3, 0.4) is 0 Å². The van der Waals surface area contributed by atoms with Crippen molar-refractivity contribution in [2.24, 2.45) is 5.16 Å². The summed E-state index contributed by atoms with van der Waals surface area (Å²) in [5.74, 6) is 0. The molecule has 0 aromatic carbocycles. The molecule has 13 heavy (non-hydrogen) atoms. The van der Waals surface area contributed by atoms with E-state index in [1.165, 1.54) is 19.4 Å². The molecular weight excluding hydrogens is 164 g/mol. The molecule has 0 bridgehead atoms. The van der Waals surface area contributed by atoms with Gasteiger partial charge in [-0.15, -0.1) is 0 Å². The Bertz CT molecular complexity index is 235. The third-order valence-corrected chi connectivity index (χ3v) is 3.40. The lowest BCUT2D eigenvalue weighted by atomic mass is 9.86. The predicted octanol–water partition coefficient (Wildman–Crippen LogP) is 1.85. The monoisotopic (exact) mass is 182 g/mol. The van der Waals surface area contributed by atoms with Crippen LogP contribution in [0.2, 0.25) is 0 Å². The summed E-state index contributed by atoms with van der Waals surface area (Å²) >= 11 is 0. The summed E-state index contributed by atoms with van der Waals surface area (Å²) in [5.41, 5.74) is 1.18. The van der Waals surface area contributed by atoms with Crippen LogP contribution >= 0.6 is 0 Å². The first-order valence-electron chi connectivity index (χ1n) is 5.10. The van der Waals surface area contributed by atoms with Crippen LogP contribution in [0.15, 0.2) is 5.16 Å². The average Bonchev–Trinajstić information content (AvgIpc) is 2.51. The van der Waals surface area contributed by atoms with E-state index in [2.05, 4.69) is 23.9 Å². The Balaban J connectivity index is 2.20. The molecule has 1 atom stereocenters. The van der Waals surface area contributed by atoms with Gasteiger partial charge in [0, 0.05) is 24.4 Å². The van der Waals surface area contributed by atoms with Crippen molar-refractivity contribution in [2.45, 2.75) is 51.1 Å². The Morgan fingerprint density at radius 3 is 3.00 bits per heavy atom. The van der Waals surface area contributed by atoms with Crippen molar-refractivity contribution < 1.29 is 5.21 Å². The SMILES string of the molecule is CC1(C)CC(=NO)CC2CCCN21. The summed E-state index contributed by atoms with van der Waals surface area (Å²) in [7, 11) is 0. The van der Waals surface area contributed by atoms with Crippen LogP contribution in [0, 0.1) is 0 Å². The molecule has 1 unspecified atom stereocenters. The van der Waals surface area contributed by atoms with E-state index < -0.39 is 0 Å². The molecule has 0 aliphatic carbocycles. The van der Waals surface area contributed by atoms with Crippen molar-refractivity contribution in [1.82, 2.24) is 4.90 Å². The van der Waals surface area contributed by atoms with E-state index in [0.717, 1.165) is 18.6 Å². The molecule has 0 amide bonds. The maximum Gasteiger partial charge on any atom is 0.0604 e. The topological polar surface area (TPSA) is 35.8 Å². The smallest absolute Gasteiger partial charge is 0.0604 e. The third kappa shape index (κ3) is 1.46. The number of hydrogen-bond acceptors (Lipinski definition) is 3. The second-order valence-corrected chi connectivity index (χ2v) is 4.85. The highest BCUT2D eigenvalue weighted by Crippen LogP contribution is 2.36. The lowest BCUT2D eigenvalue weighted by molar-refractivity contribution is 0.0963. The first-order chi connectivity index (χ1) is 6.13. The fourth-order valence-corrected chi connectivity index (χ4v) is 2.87. The normalized spacial score (nSPS) is 36.5. The van der Waals surface area contributed by atoms with Crippen LogP contribution in [0.25, 0.3) is 0 Å². The lowest BCUT2D eigenvalue weighted by Gasteiger charge is -2.44. The Morgan fingerprint density at radius 2 is 2.31 bits per heavy atom. The molecular formula is C10H18N2O. The Labute approximate surface area is 79.4 Å². The van der Waals surface area contributed by atoms with Gasteiger partial charge in [-0.25, -0.2) is 0 Å². The molecule has 2 heterocycles. The van der Waals surface area contributed by atoms with E-state index in [0.29, 0.717) is 6.04 Å². The van der Waals surface area contributed by atoms with Gasteiger partial charge in [0.1, 0.15) is 0 Å². The van der Waals surface area contributed by atoms with Gasteiger partial charge in [-0.3, -0.25) is 4.90 Å². The van der Waals surface area contributed by atoms with Crippen molar-refractivity contribution >= 4 is 5.71 Å². The first-order valence-corrected chi connectivity index (χ1v) is 5.10. The van der Waals surface area contributed by atoms with Gasteiger partial charge in [-0.05, 0) is 33.2 Å². The van der Waals surface area contributed by atoms with Gasteiger partial charge < -0.3 is 5.21 Å². The Morgan fingerprint density at radius 1 is 1.54 bits per heavy atom. The highest BCUT2D eigenvalue weighted by molar-refractivity contribution is 5.86. The highest BCUT2D eigenvalue weighted by Gasteiger charge is 2.41. The van der Waals surface area contributed by atoms with E-state index in [-0.39, 0.29) is 5.54 Å². The van der Waals surface area contributed by atoms with Crippen LogP contribution in [-0.2, 0) is 0 Å². The van der Waals surface area contributed by atoms with Gasteiger partial charge in [-0.2, -0.15) is 0 Å². The molecule has 3 nitrogen and oxygen atoms in total. The van der Waals surface area contributed by atoms with Crippen LogP contribution in [0.4, 0.5) is 0 Å². The van der Waals surface area contributed by atoms with Gasteiger partial charge in [0.15, 0.2) is 0 Å². The standard InChI is InChI=1S/C10H18N2O/c1-10(2)7-8(11-13)6-9-4-3-5-12(9)10/h9,13H,3-7H2,1-2H3. The van der Waals surface area contributed by atoms with Gasteiger partial charge in [-0.1, -0.05) is 5.16 Å². The largest absolute Gasteiger partial charge is 0.411 e. The molecule has 2 saturated heterocycles. The molecule has 2 aliphatic rings. The number of piperidine rings is 1. The summed E-state index contributed by atoms with van der Waals surface area (Å²) in [6, 6.07) is 0.634. The maximum atomic E-state index is 8.81. The number of oxime groups is 1. The minimum Gasteiger partial charge on any atom is -0.411 e. The van der Waals surface area contributed by atoms with Crippen LogP contribution in [0.5, 0.6) is 0 Å². The Hall–Kier alpha value is -0.570. The molecule has 2 fully saturated rings. The van der Waals surface area contributed by atoms with Crippen LogP contribution < -0.4 is 0 Å². The fraction of sp³-hybridized carbons (Fsp3) is 0.900. The van der Waals surface area contributed by atoms with Crippen molar-refractivity contribution in [3.8, 4) is 0 Å². The zero-order valence-corrected chi connectivity index (χ0v) is 8.45. The second kappa shape index (κ2) is 2.98. The molecule has 74 valence electrons. The molecule has 0 saturated carbocycles. The number of fused-ring (bicyclic) bond motifs is 1. The van der Waals surface area contributed by atoms with E-state index >= 15 is 0 Å². The predicted molar refractivity (Wildman–Crippen MR) is 52.3 cm³/mol. The van der Waals surface area contributed by atoms with Gasteiger partial charge in [0.2, 0.25) is 0 Å². The zero-order valence-electron chi connectivity index (χ0n) is 8.45. The molecule has 3 heteroatoms. The highest BCUT2D eigenvalue weighted by atomic mass is 16.4. The lowest BCUT2D eigenvalue weighted by Crippen LogP contribution is -2.52. The summed E-state index contributed by atoms with van der Waals surface area (Å²) in [6.45, 7) is 5.71. The Kier molecular flexibility index (Phi) is 2.06. The van der Waals surface area contributed by atoms with Crippen molar-refractivity contribution in [3.05, 3.63) is 0 Å². The van der Waals surface area contributed by atoms with E-state index in [1.54, 1.807) is 0 Å². The van der Waals surface area contributed by atoms with Gasteiger partial charge in [0.25, 0.3) is 0 Å². The molecule has 0 aromatic rings. The van der Waals surface area contributed by atoms with Crippen molar-refractivity contribution in [3.63, 3.8) is 0 Å². The summed E-state index contributed by atoms with van der Waals surface area (Å²) in [4.78, 5) is 2.57. The van der Waals surface area contributed by atoms with Crippen molar-refractivity contribution in [1.29, 1.82) is 0 Å². The van der Waals surface area contributed by atoms with Gasteiger partial charge >= 0.3 is 0 Å². The summed E-state index contributed by atoms with van der Waals surface area (Å²) in [5, 5.41) is 12.2. The van der Waals surface area contributed by atoms with Crippen LogP contribution in [0.1, 0.15) is 39.5 Å². The average molecular weight is 182 g/mol. The minimum atomic E-state index is 0.195. The number of nitrogens with zero attached hydrogens (tertiary/aromatic N) is 2. The third-order valence-electron chi connectivity index (χ3n) is 3.40. The quantitative estimate of drug-likeness (QED) is 0.458. The molecule has 0 radical (unpaired) electrons. The molecule has 2 rings (SSSR count). The zero-order chi connectivity index (χ0) is 9.47. The van der Waals surface area contributed by atoms with Crippen molar-refractivity contribution in [2.75, 3.05) is 6.54 Å². The second-order valence-electron chi connectivity index (χ2n) is 4.85. The summed E-state index contributed by atoms with van der Waals surface area (Å²) < 4.78 is 0. The maximum absolute atomic E-state index is 8.81.